The lowest BCUT2D eigenvalue weighted by molar-refractivity contribution is 0.0636. The number of nitrogens with one attached hydrogen (secondary N) is 1. The molecule has 19 heavy (non-hydrogen) atoms. The Hall–Kier alpha value is -1.55. The van der Waals surface area contributed by atoms with Gasteiger partial charge >= 0.3 is 6.09 Å². The number of aliphatic hydroxyl groups is 1. The van der Waals surface area contributed by atoms with E-state index in [1.54, 1.807) is 0 Å². The Labute approximate surface area is 113 Å². The van der Waals surface area contributed by atoms with E-state index in [0.717, 1.165) is 18.4 Å². The molecule has 0 spiro atoms. The Morgan fingerprint density at radius 1 is 1.37 bits per heavy atom. The summed E-state index contributed by atoms with van der Waals surface area (Å²) in [4.78, 5) is 11.7. The van der Waals surface area contributed by atoms with E-state index in [-0.39, 0.29) is 6.10 Å². The number of anilines is 1. The largest absolute Gasteiger partial charge is 0.444 e. The lowest BCUT2D eigenvalue weighted by Gasteiger charge is -2.22. The van der Waals surface area contributed by atoms with Crippen LogP contribution in [-0.4, -0.2) is 22.9 Å². The van der Waals surface area contributed by atoms with Gasteiger partial charge < -0.3 is 9.84 Å². The molecule has 4 heteroatoms. The SMILES string of the molecule is CC(C)(C)OC(=O)Nc1ccc2c(c1)CC(O)CC2. The van der Waals surface area contributed by atoms with Crippen LogP contribution in [0.15, 0.2) is 18.2 Å². The first-order chi connectivity index (χ1) is 8.83. The average Bonchev–Trinajstić information content (AvgIpc) is 2.25. The Kier molecular flexibility index (Phi) is 3.80. The van der Waals surface area contributed by atoms with Crippen molar-refractivity contribution in [2.45, 2.75) is 51.7 Å². The Morgan fingerprint density at radius 3 is 2.79 bits per heavy atom. The summed E-state index contributed by atoms with van der Waals surface area (Å²) in [7, 11) is 0. The predicted octanol–water partition coefficient (Wildman–Crippen LogP) is 2.88. The third kappa shape index (κ3) is 3.96. The van der Waals surface area contributed by atoms with Crippen LogP contribution >= 0.6 is 0 Å². The van der Waals surface area contributed by atoms with Crippen molar-refractivity contribution in [2.75, 3.05) is 5.32 Å². The average molecular weight is 263 g/mol. The van der Waals surface area contributed by atoms with Gasteiger partial charge in [-0.05, 0) is 63.3 Å². The molecule has 0 radical (unpaired) electrons. The van der Waals surface area contributed by atoms with Crippen LogP contribution < -0.4 is 5.32 Å². The van der Waals surface area contributed by atoms with E-state index in [2.05, 4.69) is 5.32 Å². The Bertz CT molecular complexity index is 477. The number of carbonyl (C=O) groups is 1. The quantitative estimate of drug-likeness (QED) is 0.819. The van der Waals surface area contributed by atoms with Crippen molar-refractivity contribution in [1.29, 1.82) is 0 Å². The first kappa shape index (κ1) is 13.9. The number of carbonyl (C=O) groups excluding carboxylic acids is 1. The zero-order chi connectivity index (χ0) is 14.0. The van der Waals surface area contributed by atoms with Gasteiger partial charge in [-0.25, -0.2) is 4.79 Å². The fourth-order valence-electron chi connectivity index (χ4n) is 2.24. The van der Waals surface area contributed by atoms with Crippen LogP contribution in [0.2, 0.25) is 0 Å². The van der Waals surface area contributed by atoms with E-state index < -0.39 is 11.7 Å². The van der Waals surface area contributed by atoms with E-state index in [1.807, 2.05) is 39.0 Å². The molecule has 0 bridgehead atoms. The topological polar surface area (TPSA) is 58.6 Å². The summed E-state index contributed by atoms with van der Waals surface area (Å²) < 4.78 is 5.21. The molecule has 104 valence electrons. The van der Waals surface area contributed by atoms with Crippen LogP contribution in [0.25, 0.3) is 0 Å². The number of aryl methyl sites for hydroxylation is 1. The van der Waals surface area contributed by atoms with Gasteiger partial charge in [-0.1, -0.05) is 6.07 Å². The van der Waals surface area contributed by atoms with Crippen molar-refractivity contribution in [2.24, 2.45) is 0 Å². The summed E-state index contributed by atoms with van der Waals surface area (Å²) in [6.45, 7) is 5.49. The summed E-state index contributed by atoms with van der Waals surface area (Å²) in [5, 5.41) is 12.4. The number of hydrogen-bond donors (Lipinski definition) is 2. The number of hydrogen-bond acceptors (Lipinski definition) is 3. The van der Waals surface area contributed by atoms with Crippen LogP contribution in [0.4, 0.5) is 10.5 Å². The second-order valence-electron chi connectivity index (χ2n) is 6.01. The minimum absolute atomic E-state index is 0.274. The van der Waals surface area contributed by atoms with Crippen molar-refractivity contribution in [3.8, 4) is 0 Å². The number of fused-ring (bicyclic) bond motifs is 1. The molecule has 1 aromatic rings. The molecule has 0 fully saturated rings. The van der Waals surface area contributed by atoms with Gasteiger partial charge in [0.25, 0.3) is 0 Å². The molecular weight excluding hydrogens is 242 g/mol. The predicted molar refractivity (Wildman–Crippen MR) is 74.3 cm³/mol. The van der Waals surface area contributed by atoms with E-state index in [4.69, 9.17) is 4.74 Å². The van der Waals surface area contributed by atoms with Crippen molar-refractivity contribution in [1.82, 2.24) is 0 Å². The Balaban J connectivity index is 2.06. The summed E-state index contributed by atoms with van der Waals surface area (Å²) in [6.07, 6.45) is 1.63. The van der Waals surface area contributed by atoms with Crippen LogP contribution in [0.5, 0.6) is 0 Å². The number of amides is 1. The first-order valence-corrected chi connectivity index (χ1v) is 6.63. The highest BCUT2D eigenvalue weighted by atomic mass is 16.6. The molecule has 1 unspecified atom stereocenters. The van der Waals surface area contributed by atoms with Gasteiger partial charge in [0.15, 0.2) is 0 Å². The van der Waals surface area contributed by atoms with Gasteiger partial charge in [0.1, 0.15) is 5.60 Å². The molecular formula is C15H21NO3. The molecule has 2 rings (SSSR count). The fourth-order valence-corrected chi connectivity index (χ4v) is 2.24. The minimum atomic E-state index is -0.505. The molecule has 2 N–H and O–H groups in total. The summed E-state index contributed by atoms with van der Waals surface area (Å²) in [5.74, 6) is 0. The van der Waals surface area contributed by atoms with Crippen molar-refractivity contribution < 1.29 is 14.6 Å². The van der Waals surface area contributed by atoms with Crippen LogP contribution in [-0.2, 0) is 17.6 Å². The smallest absolute Gasteiger partial charge is 0.412 e. The second-order valence-corrected chi connectivity index (χ2v) is 6.01. The monoisotopic (exact) mass is 263 g/mol. The van der Waals surface area contributed by atoms with Crippen molar-refractivity contribution in [3.63, 3.8) is 0 Å². The first-order valence-electron chi connectivity index (χ1n) is 6.63. The van der Waals surface area contributed by atoms with E-state index in [1.165, 1.54) is 5.56 Å². The molecule has 0 saturated carbocycles. The molecule has 1 aliphatic carbocycles. The normalized spacial score (nSPS) is 18.6. The van der Waals surface area contributed by atoms with E-state index in [0.29, 0.717) is 12.1 Å². The van der Waals surface area contributed by atoms with Gasteiger partial charge in [0.2, 0.25) is 0 Å². The van der Waals surface area contributed by atoms with Gasteiger partial charge in [-0.3, -0.25) is 5.32 Å². The zero-order valence-electron chi connectivity index (χ0n) is 11.7. The lowest BCUT2D eigenvalue weighted by Crippen LogP contribution is -2.27. The van der Waals surface area contributed by atoms with Crippen LogP contribution in [0.3, 0.4) is 0 Å². The molecule has 1 aliphatic rings. The number of benzene rings is 1. The summed E-state index contributed by atoms with van der Waals surface area (Å²) >= 11 is 0. The maximum Gasteiger partial charge on any atom is 0.412 e. The van der Waals surface area contributed by atoms with Gasteiger partial charge in [0.05, 0.1) is 6.10 Å². The zero-order valence-corrected chi connectivity index (χ0v) is 11.7. The maximum atomic E-state index is 11.7. The highest BCUT2D eigenvalue weighted by Gasteiger charge is 2.19. The summed E-state index contributed by atoms with van der Waals surface area (Å²) in [6, 6.07) is 5.80. The lowest BCUT2D eigenvalue weighted by atomic mass is 9.89. The molecule has 0 heterocycles. The fraction of sp³-hybridized carbons (Fsp3) is 0.533. The third-order valence-corrected chi connectivity index (χ3v) is 3.05. The van der Waals surface area contributed by atoms with E-state index >= 15 is 0 Å². The van der Waals surface area contributed by atoms with Crippen LogP contribution in [0.1, 0.15) is 38.3 Å². The van der Waals surface area contributed by atoms with Gasteiger partial charge in [-0.15, -0.1) is 0 Å². The summed E-state index contributed by atoms with van der Waals surface area (Å²) in [5.41, 5.74) is 2.56. The van der Waals surface area contributed by atoms with Gasteiger partial charge in [0, 0.05) is 5.69 Å². The standard InChI is InChI=1S/C15H21NO3/c1-15(2,3)19-14(18)16-12-6-4-10-5-7-13(17)9-11(10)8-12/h4,6,8,13,17H,5,7,9H2,1-3H3,(H,16,18). The van der Waals surface area contributed by atoms with Crippen molar-refractivity contribution in [3.05, 3.63) is 29.3 Å². The molecule has 4 nitrogen and oxygen atoms in total. The molecule has 0 aromatic heterocycles. The third-order valence-electron chi connectivity index (χ3n) is 3.05. The molecule has 0 saturated heterocycles. The second kappa shape index (κ2) is 5.21. The minimum Gasteiger partial charge on any atom is -0.444 e. The number of rotatable bonds is 1. The van der Waals surface area contributed by atoms with E-state index in [9.17, 15) is 9.90 Å². The van der Waals surface area contributed by atoms with Gasteiger partial charge in [-0.2, -0.15) is 0 Å². The van der Waals surface area contributed by atoms with Crippen molar-refractivity contribution >= 4 is 11.8 Å². The molecule has 1 atom stereocenters. The molecule has 1 amide bonds. The maximum absolute atomic E-state index is 11.7. The number of aliphatic hydroxyl groups excluding tert-OH is 1. The molecule has 1 aromatic carbocycles. The Morgan fingerprint density at radius 2 is 2.11 bits per heavy atom. The highest BCUT2D eigenvalue weighted by Crippen LogP contribution is 2.24. The highest BCUT2D eigenvalue weighted by molar-refractivity contribution is 5.85. The molecule has 0 aliphatic heterocycles. The number of ether oxygens (including phenoxy) is 1. The van der Waals surface area contributed by atoms with Crippen LogP contribution in [0, 0.1) is 0 Å².